The average Bonchev–Trinajstić information content (AvgIpc) is 2.32. The van der Waals surface area contributed by atoms with Crippen LogP contribution in [0, 0.1) is 6.92 Å². The third-order valence-electron chi connectivity index (χ3n) is 2.64. The molecule has 0 amide bonds. The Hall–Kier alpha value is -0.870. The van der Waals surface area contributed by atoms with Crippen molar-refractivity contribution in [1.29, 1.82) is 0 Å². The first-order chi connectivity index (χ1) is 8.04. The molecule has 0 bridgehead atoms. The minimum Gasteiger partial charge on any atom is -0.478 e. The SMILES string of the molecule is Br.CCN(CC)CC.Cc1ccc(C(=O)O)cc1. The van der Waals surface area contributed by atoms with Gasteiger partial charge in [-0.2, -0.15) is 0 Å². The number of halogens is 1. The lowest BCUT2D eigenvalue weighted by atomic mass is 10.2. The van der Waals surface area contributed by atoms with Crippen LogP contribution in [0.2, 0.25) is 0 Å². The zero-order valence-corrected chi connectivity index (χ0v) is 13.4. The molecule has 18 heavy (non-hydrogen) atoms. The van der Waals surface area contributed by atoms with E-state index >= 15 is 0 Å². The molecule has 104 valence electrons. The molecule has 0 radical (unpaired) electrons. The molecule has 0 heterocycles. The first kappa shape index (κ1) is 19.5. The van der Waals surface area contributed by atoms with Crippen molar-refractivity contribution in [2.24, 2.45) is 0 Å². The minimum atomic E-state index is -0.875. The van der Waals surface area contributed by atoms with Crippen LogP contribution in [0.1, 0.15) is 36.7 Å². The molecule has 0 aliphatic heterocycles. The van der Waals surface area contributed by atoms with Crippen LogP contribution in [-0.4, -0.2) is 35.6 Å². The topological polar surface area (TPSA) is 40.5 Å². The normalized spacial score (nSPS) is 9.17. The van der Waals surface area contributed by atoms with Crippen molar-refractivity contribution in [3.05, 3.63) is 35.4 Å². The summed E-state index contributed by atoms with van der Waals surface area (Å²) in [4.78, 5) is 12.7. The van der Waals surface area contributed by atoms with Gasteiger partial charge in [-0.25, -0.2) is 4.79 Å². The van der Waals surface area contributed by atoms with Gasteiger partial charge < -0.3 is 10.0 Å². The van der Waals surface area contributed by atoms with Gasteiger partial charge in [-0.1, -0.05) is 38.5 Å². The summed E-state index contributed by atoms with van der Waals surface area (Å²) >= 11 is 0. The summed E-state index contributed by atoms with van der Waals surface area (Å²) in [7, 11) is 0. The quantitative estimate of drug-likeness (QED) is 0.922. The molecule has 0 unspecified atom stereocenters. The molecule has 3 nitrogen and oxygen atoms in total. The van der Waals surface area contributed by atoms with Gasteiger partial charge in [0.15, 0.2) is 0 Å². The summed E-state index contributed by atoms with van der Waals surface area (Å²) in [6, 6.07) is 6.75. The Bertz CT molecular complexity index is 316. The van der Waals surface area contributed by atoms with E-state index in [-0.39, 0.29) is 17.0 Å². The fourth-order valence-electron chi connectivity index (χ4n) is 1.37. The lowest BCUT2D eigenvalue weighted by molar-refractivity contribution is 0.0697. The second-order valence-electron chi connectivity index (χ2n) is 3.79. The molecule has 4 heteroatoms. The zero-order valence-electron chi connectivity index (χ0n) is 11.6. The van der Waals surface area contributed by atoms with Crippen molar-refractivity contribution in [3.63, 3.8) is 0 Å². The number of carboxylic acids is 1. The van der Waals surface area contributed by atoms with Crippen LogP contribution in [0.15, 0.2) is 24.3 Å². The van der Waals surface area contributed by atoms with E-state index in [2.05, 4.69) is 25.7 Å². The third kappa shape index (κ3) is 8.25. The van der Waals surface area contributed by atoms with Crippen molar-refractivity contribution in [2.75, 3.05) is 19.6 Å². The molecule has 1 rings (SSSR count). The van der Waals surface area contributed by atoms with Gasteiger partial charge in [-0.3, -0.25) is 0 Å². The standard InChI is InChI=1S/C8H8O2.C6H15N.BrH/c1-6-2-4-7(5-3-6)8(9)10;1-4-7(5-2)6-3;/h2-5H,1H3,(H,9,10);4-6H2,1-3H3;1H. The van der Waals surface area contributed by atoms with Crippen molar-refractivity contribution in [1.82, 2.24) is 4.90 Å². The predicted molar refractivity (Wildman–Crippen MR) is 81.9 cm³/mol. The number of hydrogen-bond donors (Lipinski definition) is 1. The number of hydrogen-bond acceptors (Lipinski definition) is 2. The van der Waals surface area contributed by atoms with Gasteiger partial charge in [-0.15, -0.1) is 17.0 Å². The van der Waals surface area contributed by atoms with Crippen LogP contribution < -0.4 is 0 Å². The van der Waals surface area contributed by atoms with Crippen LogP contribution in [0.4, 0.5) is 0 Å². The highest BCUT2D eigenvalue weighted by molar-refractivity contribution is 8.93. The Morgan fingerprint density at radius 2 is 1.44 bits per heavy atom. The highest BCUT2D eigenvalue weighted by Gasteiger charge is 1.98. The number of carbonyl (C=O) groups is 1. The number of carboxylic acid groups (broad SMARTS) is 1. The van der Waals surface area contributed by atoms with Crippen LogP contribution in [0.5, 0.6) is 0 Å². The molecule has 0 spiro atoms. The first-order valence-corrected chi connectivity index (χ1v) is 6.07. The van der Waals surface area contributed by atoms with Gasteiger partial charge in [0.05, 0.1) is 5.56 Å². The van der Waals surface area contributed by atoms with Crippen LogP contribution in [0.25, 0.3) is 0 Å². The molecule has 1 N–H and O–H groups in total. The summed E-state index contributed by atoms with van der Waals surface area (Å²) in [5.74, 6) is -0.875. The summed E-state index contributed by atoms with van der Waals surface area (Å²) in [5.41, 5.74) is 1.41. The Labute approximate surface area is 121 Å². The number of aryl methyl sites for hydroxylation is 1. The van der Waals surface area contributed by atoms with E-state index in [0.29, 0.717) is 5.56 Å². The first-order valence-electron chi connectivity index (χ1n) is 6.07. The van der Waals surface area contributed by atoms with E-state index in [1.165, 1.54) is 19.6 Å². The van der Waals surface area contributed by atoms with E-state index in [0.717, 1.165) is 5.56 Å². The molecular formula is C14H24BrNO2. The molecule has 1 aromatic rings. The Kier molecular flexibility index (Phi) is 12.2. The summed E-state index contributed by atoms with van der Waals surface area (Å²) in [6.07, 6.45) is 0. The summed E-state index contributed by atoms with van der Waals surface area (Å²) in [5, 5.41) is 8.48. The van der Waals surface area contributed by atoms with Gasteiger partial charge in [0.25, 0.3) is 0 Å². The monoisotopic (exact) mass is 317 g/mol. The molecular weight excluding hydrogens is 294 g/mol. The smallest absolute Gasteiger partial charge is 0.335 e. The maximum Gasteiger partial charge on any atom is 0.335 e. The van der Waals surface area contributed by atoms with Crippen LogP contribution in [0.3, 0.4) is 0 Å². The molecule has 0 aromatic heterocycles. The van der Waals surface area contributed by atoms with Crippen LogP contribution >= 0.6 is 17.0 Å². The fraction of sp³-hybridized carbons (Fsp3) is 0.500. The minimum absolute atomic E-state index is 0. The summed E-state index contributed by atoms with van der Waals surface area (Å²) in [6.45, 7) is 12.0. The maximum absolute atomic E-state index is 10.3. The molecule has 0 saturated carbocycles. The Balaban J connectivity index is 0. The molecule has 0 saturated heterocycles. The number of nitrogens with zero attached hydrogens (tertiary/aromatic N) is 1. The van der Waals surface area contributed by atoms with E-state index < -0.39 is 5.97 Å². The van der Waals surface area contributed by atoms with Crippen molar-refractivity contribution in [3.8, 4) is 0 Å². The van der Waals surface area contributed by atoms with Crippen molar-refractivity contribution in [2.45, 2.75) is 27.7 Å². The largest absolute Gasteiger partial charge is 0.478 e. The highest BCUT2D eigenvalue weighted by Crippen LogP contribution is 2.01. The van der Waals surface area contributed by atoms with Gasteiger partial charge in [-0.05, 0) is 38.7 Å². The number of benzene rings is 1. The second-order valence-corrected chi connectivity index (χ2v) is 3.79. The number of rotatable bonds is 4. The fourth-order valence-corrected chi connectivity index (χ4v) is 1.37. The van der Waals surface area contributed by atoms with Crippen molar-refractivity contribution < 1.29 is 9.90 Å². The average molecular weight is 318 g/mol. The Morgan fingerprint density at radius 3 is 1.67 bits per heavy atom. The van der Waals surface area contributed by atoms with Crippen LogP contribution in [-0.2, 0) is 0 Å². The van der Waals surface area contributed by atoms with Gasteiger partial charge in [0.2, 0.25) is 0 Å². The molecule has 0 aliphatic carbocycles. The third-order valence-corrected chi connectivity index (χ3v) is 2.64. The van der Waals surface area contributed by atoms with Gasteiger partial charge >= 0.3 is 5.97 Å². The molecule has 0 fully saturated rings. The Morgan fingerprint density at radius 1 is 1.06 bits per heavy atom. The maximum atomic E-state index is 10.3. The van der Waals surface area contributed by atoms with Gasteiger partial charge in [0, 0.05) is 0 Å². The lowest BCUT2D eigenvalue weighted by Gasteiger charge is -2.13. The van der Waals surface area contributed by atoms with Crippen molar-refractivity contribution >= 4 is 23.0 Å². The lowest BCUT2D eigenvalue weighted by Crippen LogP contribution is -2.21. The molecule has 0 atom stereocenters. The van der Waals surface area contributed by atoms with E-state index in [9.17, 15) is 4.79 Å². The van der Waals surface area contributed by atoms with E-state index in [1.54, 1.807) is 24.3 Å². The van der Waals surface area contributed by atoms with Gasteiger partial charge in [0.1, 0.15) is 0 Å². The highest BCUT2D eigenvalue weighted by atomic mass is 79.9. The zero-order chi connectivity index (χ0) is 13.3. The molecule has 1 aromatic carbocycles. The van der Waals surface area contributed by atoms with E-state index in [1.807, 2.05) is 6.92 Å². The van der Waals surface area contributed by atoms with E-state index in [4.69, 9.17) is 5.11 Å². The predicted octanol–water partition coefficient (Wildman–Crippen LogP) is 3.62. The number of aromatic carboxylic acids is 1. The molecule has 0 aliphatic rings. The summed E-state index contributed by atoms with van der Waals surface area (Å²) < 4.78 is 0. The second kappa shape index (κ2) is 11.2.